The third-order valence-electron chi connectivity index (χ3n) is 5.93. The highest BCUT2D eigenvalue weighted by Gasteiger charge is 2.54. The lowest BCUT2D eigenvalue weighted by Gasteiger charge is -2.41. The molecule has 1 spiro atoms. The summed E-state index contributed by atoms with van der Waals surface area (Å²) in [5.74, 6) is 0.674. The lowest BCUT2D eigenvalue weighted by Crippen LogP contribution is -2.52. The van der Waals surface area contributed by atoms with Crippen molar-refractivity contribution in [2.75, 3.05) is 13.1 Å². The molecule has 3 fully saturated rings. The quantitative estimate of drug-likeness (QED) is 0.731. The molecule has 3 amide bonds. The van der Waals surface area contributed by atoms with E-state index in [4.69, 9.17) is 0 Å². The second kappa shape index (κ2) is 5.52. The Morgan fingerprint density at radius 3 is 2.18 bits per heavy atom. The first-order valence-corrected chi connectivity index (χ1v) is 8.70. The van der Waals surface area contributed by atoms with Gasteiger partial charge in [0.25, 0.3) is 5.91 Å². The van der Waals surface area contributed by atoms with Crippen LogP contribution in [-0.4, -0.2) is 41.5 Å². The van der Waals surface area contributed by atoms with Crippen LogP contribution >= 0.6 is 0 Å². The Morgan fingerprint density at radius 1 is 1.05 bits per heavy atom. The van der Waals surface area contributed by atoms with Gasteiger partial charge in [-0.15, -0.1) is 0 Å². The molecule has 0 radical (unpaired) electrons. The van der Waals surface area contributed by atoms with Crippen molar-refractivity contribution < 1.29 is 9.59 Å². The van der Waals surface area contributed by atoms with Crippen LogP contribution in [0.4, 0.5) is 4.79 Å². The van der Waals surface area contributed by atoms with Crippen molar-refractivity contribution in [2.45, 2.75) is 70.9 Å². The topological polar surface area (TPSA) is 61.4 Å². The van der Waals surface area contributed by atoms with E-state index in [2.05, 4.69) is 31.4 Å². The number of imide groups is 1. The van der Waals surface area contributed by atoms with Gasteiger partial charge in [-0.25, -0.2) is 4.79 Å². The number of nitrogens with one attached hydrogen (secondary N) is 2. The number of carbonyl (C=O) groups excluding carboxylic acids is 2. The largest absolute Gasteiger partial charge is 0.325 e. The molecule has 0 aromatic rings. The molecule has 0 atom stereocenters. The second-order valence-electron chi connectivity index (χ2n) is 8.31. The fourth-order valence-electron chi connectivity index (χ4n) is 4.35. The lowest BCUT2D eigenvalue weighted by atomic mass is 9.67. The molecule has 1 aliphatic carbocycles. The molecular weight excluding hydrogens is 278 g/mol. The summed E-state index contributed by atoms with van der Waals surface area (Å²) in [5.41, 5.74) is -0.328. The van der Waals surface area contributed by atoms with Crippen LogP contribution in [0.2, 0.25) is 0 Å². The normalized spacial score (nSPS) is 34.3. The number of nitrogens with zero attached hydrogens (tertiary/aromatic N) is 1. The summed E-state index contributed by atoms with van der Waals surface area (Å²) in [6.45, 7) is 8.59. The van der Waals surface area contributed by atoms with Crippen molar-refractivity contribution in [1.82, 2.24) is 15.5 Å². The fraction of sp³-hybridized carbons (Fsp3) is 0.882. The number of carbonyl (C=O) groups is 2. The molecular formula is C17H29N3O2. The lowest BCUT2D eigenvalue weighted by molar-refractivity contribution is -0.135. The zero-order valence-corrected chi connectivity index (χ0v) is 14.1. The van der Waals surface area contributed by atoms with Crippen LogP contribution in [0.1, 0.15) is 59.3 Å². The first-order chi connectivity index (χ1) is 10.3. The van der Waals surface area contributed by atoms with Crippen LogP contribution in [0.5, 0.6) is 0 Å². The summed E-state index contributed by atoms with van der Waals surface area (Å²) in [6, 6.07) is -0.0837. The van der Waals surface area contributed by atoms with Crippen molar-refractivity contribution in [3.05, 3.63) is 0 Å². The predicted molar refractivity (Wildman–Crippen MR) is 85.4 cm³/mol. The maximum atomic E-state index is 13.0. The molecule has 0 aromatic heterocycles. The van der Waals surface area contributed by atoms with E-state index >= 15 is 0 Å². The molecule has 1 saturated carbocycles. The molecule has 0 bridgehead atoms. The van der Waals surface area contributed by atoms with E-state index in [1.165, 1.54) is 4.90 Å². The molecule has 0 aromatic carbocycles. The van der Waals surface area contributed by atoms with Gasteiger partial charge in [0.1, 0.15) is 5.54 Å². The Morgan fingerprint density at radius 2 is 1.64 bits per heavy atom. The van der Waals surface area contributed by atoms with Crippen molar-refractivity contribution >= 4 is 11.9 Å². The van der Waals surface area contributed by atoms with E-state index in [0.717, 1.165) is 51.6 Å². The van der Waals surface area contributed by atoms with E-state index in [1.54, 1.807) is 0 Å². The summed E-state index contributed by atoms with van der Waals surface area (Å²) in [4.78, 5) is 26.9. The number of rotatable bonds is 1. The van der Waals surface area contributed by atoms with Gasteiger partial charge >= 0.3 is 6.03 Å². The monoisotopic (exact) mass is 307 g/mol. The standard InChI is InChI=1S/C17H29N3O2/c1-16(2,3)12-4-8-17(9-5-12)14(21)20(15(22)19-17)13-6-10-18-11-7-13/h12-13,18H,4-11H2,1-3H3,(H,19,22). The van der Waals surface area contributed by atoms with Crippen LogP contribution in [0.15, 0.2) is 0 Å². The van der Waals surface area contributed by atoms with Crippen molar-refractivity contribution in [1.29, 1.82) is 0 Å². The molecule has 0 unspecified atom stereocenters. The summed E-state index contributed by atoms with van der Waals surface area (Å²) < 4.78 is 0. The molecule has 2 saturated heterocycles. The van der Waals surface area contributed by atoms with Crippen LogP contribution in [0, 0.1) is 11.3 Å². The van der Waals surface area contributed by atoms with E-state index in [9.17, 15) is 9.59 Å². The molecule has 2 aliphatic heterocycles. The minimum Gasteiger partial charge on any atom is -0.323 e. The van der Waals surface area contributed by atoms with Gasteiger partial charge < -0.3 is 10.6 Å². The maximum absolute atomic E-state index is 13.0. The van der Waals surface area contributed by atoms with Crippen molar-refractivity contribution in [2.24, 2.45) is 11.3 Å². The van der Waals surface area contributed by atoms with Gasteiger partial charge in [0.05, 0.1) is 0 Å². The molecule has 124 valence electrons. The molecule has 5 heteroatoms. The third-order valence-corrected chi connectivity index (χ3v) is 5.93. The minimum absolute atomic E-state index is 0.0387. The number of piperidine rings is 1. The van der Waals surface area contributed by atoms with Gasteiger partial charge in [0.2, 0.25) is 0 Å². The van der Waals surface area contributed by atoms with Crippen LogP contribution in [0.3, 0.4) is 0 Å². The van der Waals surface area contributed by atoms with Gasteiger partial charge in [0.15, 0.2) is 0 Å². The van der Waals surface area contributed by atoms with Gasteiger partial charge in [-0.3, -0.25) is 9.69 Å². The summed E-state index contributed by atoms with van der Waals surface area (Å²) >= 11 is 0. The van der Waals surface area contributed by atoms with Crippen molar-refractivity contribution in [3.63, 3.8) is 0 Å². The van der Waals surface area contributed by atoms with E-state index < -0.39 is 5.54 Å². The predicted octanol–water partition coefficient (Wildman–Crippen LogP) is 2.27. The summed E-state index contributed by atoms with van der Waals surface area (Å²) in [6.07, 6.45) is 5.38. The number of urea groups is 1. The molecule has 22 heavy (non-hydrogen) atoms. The average Bonchev–Trinajstić information content (AvgIpc) is 2.70. The summed E-state index contributed by atoms with van der Waals surface area (Å²) in [7, 11) is 0. The van der Waals surface area contributed by atoms with E-state index in [1.807, 2.05) is 0 Å². The molecule has 2 heterocycles. The van der Waals surface area contributed by atoms with Crippen molar-refractivity contribution in [3.8, 4) is 0 Å². The van der Waals surface area contributed by atoms with Crippen LogP contribution in [-0.2, 0) is 4.79 Å². The molecule has 3 rings (SSSR count). The zero-order chi connectivity index (χ0) is 16.0. The van der Waals surface area contributed by atoms with Crippen LogP contribution < -0.4 is 10.6 Å². The fourth-order valence-corrected chi connectivity index (χ4v) is 4.35. The van der Waals surface area contributed by atoms with Crippen LogP contribution in [0.25, 0.3) is 0 Å². The Hall–Kier alpha value is -1.10. The smallest absolute Gasteiger partial charge is 0.323 e. The highest BCUT2D eigenvalue weighted by atomic mass is 16.2. The van der Waals surface area contributed by atoms with Gasteiger partial charge in [-0.1, -0.05) is 20.8 Å². The Labute approximate surface area is 133 Å². The highest BCUT2D eigenvalue weighted by Crippen LogP contribution is 2.44. The number of hydrogen-bond acceptors (Lipinski definition) is 3. The molecule has 5 nitrogen and oxygen atoms in total. The van der Waals surface area contributed by atoms with E-state index in [-0.39, 0.29) is 23.4 Å². The van der Waals surface area contributed by atoms with E-state index in [0.29, 0.717) is 5.92 Å². The van der Waals surface area contributed by atoms with Gasteiger partial charge in [-0.2, -0.15) is 0 Å². The minimum atomic E-state index is -0.607. The van der Waals surface area contributed by atoms with Gasteiger partial charge in [-0.05, 0) is 62.9 Å². The van der Waals surface area contributed by atoms with Gasteiger partial charge in [0, 0.05) is 6.04 Å². The third kappa shape index (κ3) is 2.64. The maximum Gasteiger partial charge on any atom is 0.325 e. The highest BCUT2D eigenvalue weighted by molar-refractivity contribution is 6.07. The number of hydrogen-bond donors (Lipinski definition) is 2. The molecule has 3 aliphatic rings. The SMILES string of the molecule is CC(C)(C)C1CCC2(CC1)NC(=O)N(C1CCNCC1)C2=O. The summed E-state index contributed by atoms with van der Waals surface area (Å²) in [5, 5.41) is 6.35. The molecule has 2 N–H and O–H groups in total. The Balaban J connectivity index is 1.71. The average molecular weight is 307 g/mol. The Kier molecular flexibility index (Phi) is 3.96. The second-order valence-corrected chi connectivity index (χ2v) is 8.31. The first-order valence-electron chi connectivity index (χ1n) is 8.70. The first kappa shape index (κ1) is 15.8. The zero-order valence-electron chi connectivity index (χ0n) is 14.1. The Bertz CT molecular complexity index is 455. The number of amides is 3.